The summed E-state index contributed by atoms with van der Waals surface area (Å²) in [7, 11) is 0. The van der Waals surface area contributed by atoms with E-state index in [1.165, 1.54) is 25.8 Å². The van der Waals surface area contributed by atoms with Crippen molar-refractivity contribution in [1.82, 2.24) is 0 Å². The second-order valence-corrected chi connectivity index (χ2v) is 5.97. The third kappa shape index (κ3) is 3.12. The van der Waals surface area contributed by atoms with Gasteiger partial charge in [-0.1, -0.05) is 30.3 Å². The van der Waals surface area contributed by atoms with Crippen molar-refractivity contribution in [3.8, 4) is 0 Å². The molecule has 0 aromatic heterocycles. The summed E-state index contributed by atoms with van der Waals surface area (Å²) < 4.78 is 1.26. The van der Waals surface area contributed by atoms with Crippen LogP contribution in [0.3, 0.4) is 0 Å². The van der Waals surface area contributed by atoms with E-state index in [9.17, 15) is 0 Å². The van der Waals surface area contributed by atoms with Gasteiger partial charge in [0.15, 0.2) is 0 Å². The second-order valence-electron chi connectivity index (χ2n) is 4.73. The number of halogens is 1. The van der Waals surface area contributed by atoms with Gasteiger partial charge < -0.3 is 5.73 Å². The molecule has 0 heterocycles. The van der Waals surface area contributed by atoms with Crippen LogP contribution in [-0.2, 0) is 6.42 Å². The zero-order chi connectivity index (χ0) is 13.1. The summed E-state index contributed by atoms with van der Waals surface area (Å²) in [5, 5.41) is 0. The van der Waals surface area contributed by atoms with E-state index in [0.717, 1.165) is 6.42 Å². The summed E-state index contributed by atoms with van der Waals surface area (Å²) >= 11 is 2.32. The van der Waals surface area contributed by atoms with Gasteiger partial charge in [-0.05, 0) is 77.2 Å². The zero-order valence-corrected chi connectivity index (χ0v) is 12.9. The molecule has 0 saturated heterocycles. The number of benzene rings is 2. The lowest BCUT2D eigenvalue weighted by molar-refractivity contribution is 0.715. The van der Waals surface area contributed by atoms with Gasteiger partial charge in [-0.2, -0.15) is 0 Å². The predicted octanol–water partition coefficient (Wildman–Crippen LogP) is 4.15. The van der Waals surface area contributed by atoms with E-state index in [-0.39, 0.29) is 6.04 Å². The van der Waals surface area contributed by atoms with Crippen molar-refractivity contribution in [2.45, 2.75) is 26.3 Å². The van der Waals surface area contributed by atoms with Gasteiger partial charge in [0.05, 0.1) is 0 Å². The number of hydrogen-bond donors (Lipinski definition) is 1. The Hall–Kier alpha value is -0.870. The van der Waals surface area contributed by atoms with E-state index < -0.39 is 0 Å². The average Bonchev–Trinajstić information content (AvgIpc) is 2.35. The van der Waals surface area contributed by atoms with Gasteiger partial charge in [0.2, 0.25) is 0 Å². The van der Waals surface area contributed by atoms with Crippen molar-refractivity contribution in [2.24, 2.45) is 5.73 Å². The van der Waals surface area contributed by atoms with Crippen LogP contribution in [0.15, 0.2) is 42.5 Å². The van der Waals surface area contributed by atoms with Crippen molar-refractivity contribution in [1.29, 1.82) is 0 Å². The molecule has 0 bridgehead atoms. The zero-order valence-electron chi connectivity index (χ0n) is 10.8. The van der Waals surface area contributed by atoms with Crippen LogP contribution in [0, 0.1) is 17.4 Å². The fourth-order valence-corrected chi connectivity index (χ4v) is 2.52. The van der Waals surface area contributed by atoms with Crippen LogP contribution in [0.25, 0.3) is 0 Å². The van der Waals surface area contributed by atoms with Gasteiger partial charge in [-0.3, -0.25) is 0 Å². The molecule has 0 spiro atoms. The Labute approximate surface area is 123 Å². The SMILES string of the molecule is Cc1cccc(C(N)Cc2ccc(I)cc2)c1C. The van der Waals surface area contributed by atoms with Gasteiger partial charge in [0.25, 0.3) is 0 Å². The van der Waals surface area contributed by atoms with E-state index in [0.29, 0.717) is 0 Å². The highest BCUT2D eigenvalue weighted by Crippen LogP contribution is 2.22. The monoisotopic (exact) mass is 351 g/mol. The quantitative estimate of drug-likeness (QED) is 0.826. The Morgan fingerprint density at radius 1 is 1.06 bits per heavy atom. The van der Waals surface area contributed by atoms with Gasteiger partial charge >= 0.3 is 0 Å². The predicted molar refractivity (Wildman–Crippen MR) is 85.7 cm³/mol. The van der Waals surface area contributed by atoms with Crippen molar-refractivity contribution in [3.05, 3.63) is 68.3 Å². The maximum atomic E-state index is 6.33. The molecule has 0 aliphatic carbocycles. The Bertz CT molecular complexity index is 531. The molecule has 2 rings (SSSR count). The molecule has 0 aliphatic rings. The van der Waals surface area contributed by atoms with Crippen LogP contribution < -0.4 is 5.73 Å². The van der Waals surface area contributed by atoms with E-state index in [1.54, 1.807) is 0 Å². The highest BCUT2D eigenvalue weighted by atomic mass is 127. The molecule has 0 amide bonds. The minimum atomic E-state index is 0.0740. The Kier molecular flexibility index (Phi) is 4.40. The van der Waals surface area contributed by atoms with Crippen LogP contribution in [-0.4, -0.2) is 0 Å². The summed E-state index contributed by atoms with van der Waals surface area (Å²) in [4.78, 5) is 0. The van der Waals surface area contributed by atoms with E-state index >= 15 is 0 Å². The highest BCUT2D eigenvalue weighted by molar-refractivity contribution is 14.1. The molecule has 2 aromatic rings. The van der Waals surface area contributed by atoms with Crippen molar-refractivity contribution < 1.29 is 0 Å². The van der Waals surface area contributed by atoms with Crippen molar-refractivity contribution in [3.63, 3.8) is 0 Å². The fraction of sp³-hybridized carbons (Fsp3) is 0.250. The summed E-state index contributed by atoms with van der Waals surface area (Å²) in [5.74, 6) is 0. The Morgan fingerprint density at radius 2 is 1.72 bits per heavy atom. The van der Waals surface area contributed by atoms with Crippen molar-refractivity contribution >= 4 is 22.6 Å². The van der Waals surface area contributed by atoms with Crippen molar-refractivity contribution in [2.75, 3.05) is 0 Å². The molecule has 94 valence electrons. The second kappa shape index (κ2) is 5.85. The topological polar surface area (TPSA) is 26.0 Å². The Balaban J connectivity index is 2.19. The van der Waals surface area contributed by atoms with Crippen LogP contribution in [0.5, 0.6) is 0 Å². The molecule has 0 saturated carbocycles. The van der Waals surface area contributed by atoms with E-state index in [2.05, 4.69) is 78.9 Å². The third-order valence-electron chi connectivity index (χ3n) is 3.41. The first-order valence-electron chi connectivity index (χ1n) is 6.14. The number of rotatable bonds is 3. The molecular weight excluding hydrogens is 333 g/mol. The Morgan fingerprint density at radius 3 is 2.39 bits per heavy atom. The lowest BCUT2D eigenvalue weighted by Crippen LogP contribution is -2.15. The first kappa shape index (κ1) is 13.6. The van der Waals surface area contributed by atoms with Crippen LogP contribution in [0.1, 0.15) is 28.3 Å². The first-order chi connectivity index (χ1) is 8.58. The lowest BCUT2D eigenvalue weighted by atomic mass is 9.94. The summed E-state index contributed by atoms with van der Waals surface area (Å²) in [6.07, 6.45) is 0.890. The minimum Gasteiger partial charge on any atom is -0.324 e. The maximum absolute atomic E-state index is 6.33. The standard InChI is InChI=1S/C16H18IN/c1-11-4-3-5-15(12(11)2)16(18)10-13-6-8-14(17)9-7-13/h3-9,16H,10,18H2,1-2H3. The normalized spacial score (nSPS) is 12.4. The van der Waals surface area contributed by atoms with Gasteiger partial charge in [-0.25, -0.2) is 0 Å². The smallest absolute Gasteiger partial charge is 0.0338 e. The van der Waals surface area contributed by atoms with E-state index in [4.69, 9.17) is 5.73 Å². The molecule has 0 fully saturated rings. The van der Waals surface area contributed by atoms with Gasteiger partial charge in [-0.15, -0.1) is 0 Å². The average molecular weight is 351 g/mol. The van der Waals surface area contributed by atoms with Crippen LogP contribution in [0.2, 0.25) is 0 Å². The van der Waals surface area contributed by atoms with Gasteiger partial charge in [0, 0.05) is 9.61 Å². The number of aryl methyl sites for hydroxylation is 1. The molecule has 0 radical (unpaired) electrons. The molecular formula is C16H18IN. The number of nitrogens with two attached hydrogens (primary N) is 1. The van der Waals surface area contributed by atoms with Crippen LogP contribution in [0.4, 0.5) is 0 Å². The minimum absolute atomic E-state index is 0.0740. The largest absolute Gasteiger partial charge is 0.324 e. The summed E-state index contributed by atoms with van der Waals surface area (Å²) in [6, 6.07) is 15.0. The van der Waals surface area contributed by atoms with E-state index in [1.807, 2.05) is 0 Å². The maximum Gasteiger partial charge on any atom is 0.0338 e. The molecule has 2 heteroatoms. The molecule has 18 heavy (non-hydrogen) atoms. The molecule has 1 atom stereocenters. The fourth-order valence-electron chi connectivity index (χ4n) is 2.16. The van der Waals surface area contributed by atoms with Crippen LogP contribution >= 0.6 is 22.6 Å². The molecule has 2 aromatic carbocycles. The molecule has 1 nitrogen and oxygen atoms in total. The highest BCUT2D eigenvalue weighted by Gasteiger charge is 2.10. The molecule has 0 aliphatic heterocycles. The molecule has 1 unspecified atom stereocenters. The molecule has 2 N–H and O–H groups in total. The first-order valence-corrected chi connectivity index (χ1v) is 7.22. The lowest BCUT2D eigenvalue weighted by Gasteiger charge is -2.16. The summed E-state index contributed by atoms with van der Waals surface area (Å²) in [6.45, 7) is 4.29. The summed E-state index contributed by atoms with van der Waals surface area (Å²) in [5.41, 5.74) is 11.5. The van der Waals surface area contributed by atoms with Gasteiger partial charge in [0.1, 0.15) is 0 Å². The number of hydrogen-bond acceptors (Lipinski definition) is 1. The third-order valence-corrected chi connectivity index (χ3v) is 4.13.